The Kier molecular flexibility index (Phi) is 6.11. The van der Waals surface area contributed by atoms with Crippen LogP contribution in [0.5, 0.6) is 0 Å². The SMILES string of the molecule is Cc1c(NC(=O)NC(c2nc(-c3cccnc3)no2)C(C)C)cccc1N(C)C. The molecule has 1 aromatic carbocycles. The highest BCUT2D eigenvalue weighted by Crippen LogP contribution is 2.26. The highest BCUT2D eigenvalue weighted by molar-refractivity contribution is 5.91. The Morgan fingerprint density at radius 3 is 2.62 bits per heavy atom. The van der Waals surface area contributed by atoms with Crippen LogP contribution >= 0.6 is 0 Å². The average molecular weight is 394 g/mol. The van der Waals surface area contributed by atoms with Crippen molar-refractivity contribution in [1.29, 1.82) is 0 Å². The number of amides is 2. The monoisotopic (exact) mass is 394 g/mol. The molecule has 1 unspecified atom stereocenters. The Balaban J connectivity index is 1.76. The summed E-state index contributed by atoms with van der Waals surface area (Å²) in [7, 11) is 3.94. The summed E-state index contributed by atoms with van der Waals surface area (Å²) >= 11 is 0. The fourth-order valence-electron chi connectivity index (χ4n) is 3.03. The highest BCUT2D eigenvalue weighted by atomic mass is 16.5. The van der Waals surface area contributed by atoms with E-state index >= 15 is 0 Å². The maximum atomic E-state index is 12.7. The summed E-state index contributed by atoms with van der Waals surface area (Å²) in [5.41, 5.74) is 3.54. The van der Waals surface area contributed by atoms with Gasteiger partial charge >= 0.3 is 6.03 Å². The quantitative estimate of drug-likeness (QED) is 0.655. The van der Waals surface area contributed by atoms with Gasteiger partial charge in [0.05, 0.1) is 0 Å². The first-order valence-electron chi connectivity index (χ1n) is 9.45. The number of pyridine rings is 1. The smallest absolute Gasteiger partial charge is 0.319 e. The summed E-state index contributed by atoms with van der Waals surface area (Å²) in [5.74, 6) is 0.848. The molecule has 1 atom stereocenters. The Bertz CT molecular complexity index is 968. The summed E-state index contributed by atoms with van der Waals surface area (Å²) in [4.78, 5) is 23.2. The zero-order valence-electron chi connectivity index (χ0n) is 17.3. The number of aromatic nitrogens is 3. The minimum absolute atomic E-state index is 0.0529. The van der Waals surface area contributed by atoms with E-state index in [4.69, 9.17) is 4.52 Å². The molecule has 0 aliphatic carbocycles. The van der Waals surface area contributed by atoms with Crippen LogP contribution in [-0.2, 0) is 0 Å². The fraction of sp³-hybridized carbons (Fsp3) is 0.333. The van der Waals surface area contributed by atoms with Crippen LogP contribution in [0.2, 0.25) is 0 Å². The number of nitrogens with one attached hydrogen (secondary N) is 2. The van der Waals surface area contributed by atoms with Gasteiger partial charge in [-0.15, -0.1) is 0 Å². The average Bonchev–Trinajstić information content (AvgIpc) is 3.18. The second kappa shape index (κ2) is 8.72. The van der Waals surface area contributed by atoms with Gasteiger partial charge in [-0.1, -0.05) is 25.1 Å². The van der Waals surface area contributed by atoms with Crippen molar-refractivity contribution in [3.05, 3.63) is 54.2 Å². The lowest BCUT2D eigenvalue weighted by atomic mass is 10.0. The lowest BCUT2D eigenvalue weighted by Crippen LogP contribution is -2.35. The number of benzene rings is 1. The molecule has 2 amide bonds. The molecule has 3 rings (SSSR count). The molecular weight excluding hydrogens is 368 g/mol. The predicted octanol–water partition coefficient (Wildman–Crippen LogP) is 4.02. The summed E-state index contributed by atoms with van der Waals surface area (Å²) in [6, 6.07) is 8.70. The Morgan fingerprint density at radius 1 is 1.17 bits per heavy atom. The highest BCUT2D eigenvalue weighted by Gasteiger charge is 2.25. The predicted molar refractivity (Wildman–Crippen MR) is 113 cm³/mol. The van der Waals surface area contributed by atoms with Crippen LogP contribution in [0.3, 0.4) is 0 Å². The first-order valence-corrected chi connectivity index (χ1v) is 9.45. The second-order valence-electron chi connectivity index (χ2n) is 7.36. The van der Waals surface area contributed by atoms with Gasteiger partial charge in [0.15, 0.2) is 0 Å². The van der Waals surface area contributed by atoms with Crippen LogP contribution in [0.1, 0.15) is 31.3 Å². The zero-order valence-corrected chi connectivity index (χ0v) is 17.3. The van der Waals surface area contributed by atoms with Crippen LogP contribution in [0.25, 0.3) is 11.4 Å². The fourth-order valence-corrected chi connectivity index (χ4v) is 3.03. The van der Waals surface area contributed by atoms with Crippen molar-refractivity contribution in [2.24, 2.45) is 5.92 Å². The van der Waals surface area contributed by atoms with E-state index in [0.29, 0.717) is 11.7 Å². The van der Waals surface area contributed by atoms with Gasteiger partial charge in [-0.05, 0) is 42.7 Å². The molecule has 0 bridgehead atoms. The van der Waals surface area contributed by atoms with Gasteiger partial charge in [-0.3, -0.25) is 4.98 Å². The van der Waals surface area contributed by atoms with Crippen molar-refractivity contribution >= 4 is 17.4 Å². The van der Waals surface area contributed by atoms with Crippen molar-refractivity contribution in [2.45, 2.75) is 26.8 Å². The molecule has 8 heteroatoms. The Labute approximate surface area is 170 Å². The molecule has 0 fully saturated rings. The molecule has 0 aliphatic rings. The molecule has 0 spiro atoms. The number of nitrogens with zero attached hydrogens (tertiary/aromatic N) is 4. The molecule has 152 valence electrons. The standard InChI is InChI=1S/C21H26N6O2/c1-13(2)18(20-25-19(26-29-20)15-8-7-11-22-12-15)24-21(28)23-16-9-6-10-17(14(16)3)27(4)5/h6-13,18H,1-5H3,(H2,23,24,28). The first-order chi connectivity index (χ1) is 13.9. The summed E-state index contributed by atoms with van der Waals surface area (Å²) in [6.45, 7) is 5.94. The first kappa shape index (κ1) is 20.3. The number of rotatable bonds is 6. The molecule has 3 aromatic rings. The summed E-state index contributed by atoms with van der Waals surface area (Å²) in [5, 5.41) is 9.89. The van der Waals surface area contributed by atoms with Crippen molar-refractivity contribution < 1.29 is 9.32 Å². The lowest BCUT2D eigenvalue weighted by molar-refractivity contribution is 0.236. The molecule has 29 heavy (non-hydrogen) atoms. The summed E-state index contributed by atoms with van der Waals surface area (Å²) < 4.78 is 5.43. The Morgan fingerprint density at radius 2 is 1.97 bits per heavy atom. The van der Waals surface area contributed by atoms with Crippen LogP contribution in [0.15, 0.2) is 47.2 Å². The van der Waals surface area contributed by atoms with Crippen LogP contribution in [0, 0.1) is 12.8 Å². The largest absolute Gasteiger partial charge is 0.377 e. The number of urea groups is 1. The van der Waals surface area contributed by atoms with Crippen molar-refractivity contribution in [3.63, 3.8) is 0 Å². The lowest BCUT2D eigenvalue weighted by Gasteiger charge is -2.21. The van der Waals surface area contributed by atoms with Gasteiger partial charge in [0.2, 0.25) is 11.7 Å². The molecule has 0 saturated carbocycles. The molecule has 2 heterocycles. The van der Waals surface area contributed by atoms with E-state index in [2.05, 4.69) is 25.8 Å². The van der Waals surface area contributed by atoms with Gasteiger partial charge in [0, 0.05) is 43.4 Å². The van der Waals surface area contributed by atoms with Crippen molar-refractivity contribution in [3.8, 4) is 11.4 Å². The molecule has 2 aromatic heterocycles. The number of carbonyl (C=O) groups is 1. The van der Waals surface area contributed by atoms with Gasteiger partial charge in [-0.25, -0.2) is 4.79 Å². The van der Waals surface area contributed by atoms with E-state index < -0.39 is 6.04 Å². The molecule has 8 nitrogen and oxygen atoms in total. The molecule has 0 radical (unpaired) electrons. The van der Waals surface area contributed by atoms with E-state index in [-0.39, 0.29) is 11.9 Å². The third kappa shape index (κ3) is 4.71. The van der Waals surface area contributed by atoms with Gasteiger partial charge in [-0.2, -0.15) is 4.98 Å². The summed E-state index contributed by atoms with van der Waals surface area (Å²) in [6.07, 6.45) is 3.35. The van der Waals surface area contributed by atoms with Gasteiger partial charge in [0.1, 0.15) is 6.04 Å². The maximum absolute atomic E-state index is 12.7. The molecule has 0 saturated heterocycles. The third-order valence-electron chi connectivity index (χ3n) is 4.62. The van der Waals surface area contributed by atoms with Crippen molar-refractivity contribution in [2.75, 3.05) is 24.3 Å². The normalized spacial score (nSPS) is 11.9. The minimum Gasteiger partial charge on any atom is -0.377 e. The third-order valence-corrected chi connectivity index (χ3v) is 4.62. The molecular formula is C21H26N6O2. The number of hydrogen-bond donors (Lipinski definition) is 2. The minimum atomic E-state index is -0.426. The van der Waals surface area contributed by atoms with Crippen LogP contribution in [-0.4, -0.2) is 35.3 Å². The van der Waals surface area contributed by atoms with E-state index in [1.165, 1.54) is 0 Å². The van der Waals surface area contributed by atoms with E-state index in [1.807, 2.05) is 64.0 Å². The number of carbonyl (C=O) groups excluding carboxylic acids is 1. The van der Waals surface area contributed by atoms with Gasteiger partial charge < -0.3 is 20.1 Å². The molecule has 0 aliphatic heterocycles. The van der Waals surface area contributed by atoms with Gasteiger partial charge in [0.25, 0.3) is 0 Å². The van der Waals surface area contributed by atoms with Crippen LogP contribution < -0.4 is 15.5 Å². The van der Waals surface area contributed by atoms with Crippen LogP contribution in [0.4, 0.5) is 16.2 Å². The number of anilines is 2. The van der Waals surface area contributed by atoms with Crippen molar-refractivity contribution in [1.82, 2.24) is 20.4 Å². The Hall–Kier alpha value is -3.42. The zero-order chi connectivity index (χ0) is 21.0. The topological polar surface area (TPSA) is 96.2 Å². The maximum Gasteiger partial charge on any atom is 0.319 e. The van der Waals surface area contributed by atoms with E-state index in [0.717, 1.165) is 22.5 Å². The molecule has 2 N–H and O–H groups in total. The van der Waals surface area contributed by atoms with E-state index in [1.54, 1.807) is 18.5 Å². The van der Waals surface area contributed by atoms with E-state index in [9.17, 15) is 4.79 Å². The second-order valence-corrected chi connectivity index (χ2v) is 7.36. The number of hydrogen-bond acceptors (Lipinski definition) is 6.